The molecule has 0 aromatic heterocycles. The summed E-state index contributed by atoms with van der Waals surface area (Å²) in [4.78, 5) is 23.7. The van der Waals surface area contributed by atoms with E-state index in [2.05, 4.69) is 12.2 Å². The summed E-state index contributed by atoms with van der Waals surface area (Å²) in [5.41, 5.74) is 0.551. The molecule has 6 nitrogen and oxygen atoms in total. The summed E-state index contributed by atoms with van der Waals surface area (Å²) < 4.78 is 15.8. The van der Waals surface area contributed by atoms with Gasteiger partial charge in [-0.1, -0.05) is 32.6 Å². The molecule has 0 amide bonds. The highest BCUT2D eigenvalue weighted by Crippen LogP contribution is 2.23. The maximum atomic E-state index is 11.9. The van der Waals surface area contributed by atoms with Gasteiger partial charge in [0.1, 0.15) is 5.75 Å². The van der Waals surface area contributed by atoms with Crippen molar-refractivity contribution in [3.05, 3.63) is 36.0 Å². The number of ether oxygens (including phenoxy) is 3. The van der Waals surface area contributed by atoms with Gasteiger partial charge in [0.05, 0.1) is 6.61 Å². The Balaban J connectivity index is 1.82. The lowest BCUT2D eigenvalue weighted by molar-refractivity contribution is -0.222. The average Bonchev–Trinajstić information content (AvgIpc) is 2.57. The Bertz CT molecular complexity index is 627. The van der Waals surface area contributed by atoms with Gasteiger partial charge in [-0.15, -0.1) is 0 Å². The van der Waals surface area contributed by atoms with Gasteiger partial charge in [-0.2, -0.15) is 0 Å². The zero-order valence-corrected chi connectivity index (χ0v) is 15.7. The van der Waals surface area contributed by atoms with Crippen LogP contribution in [0, 0.1) is 0 Å². The van der Waals surface area contributed by atoms with Crippen LogP contribution in [0.4, 0.5) is 5.69 Å². The molecule has 0 radical (unpaired) electrons. The topological polar surface area (TPSA) is 73.9 Å². The lowest BCUT2D eigenvalue weighted by atomic mass is 10.2. The Morgan fingerprint density at radius 1 is 1.00 bits per heavy atom. The lowest BCUT2D eigenvalue weighted by Crippen LogP contribution is -2.42. The first-order valence-corrected chi connectivity index (χ1v) is 9.07. The third-order valence-electron chi connectivity index (χ3n) is 3.87. The van der Waals surface area contributed by atoms with Crippen LogP contribution in [-0.4, -0.2) is 24.3 Å². The van der Waals surface area contributed by atoms with E-state index >= 15 is 0 Å². The molecule has 1 saturated heterocycles. The number of carbonyl (C=O) groups excluding carboxylic acids is 2. The molecule has 2 rings (SSSR count). The van der Waals surface area contributed by atoms with Crippen LogP contribution in [0.3, 0.4) is 0 Å². The molecule has 0 atom stereocenters. The van der Waals surface area contributed by atoms with Crippen molar-refractivity contribution in [3.8, 4) is 5.75 Å². The molecule has 1 aliphatic rings. The first kappa shape index (κ1) is 19.8. The first-order chi connectivity index (χ1) is 12.4. The van der Waals surface area contributed by atoms with Crippen LogP contribution in [0.2, 0.25) is 0 Å². The van der Waals surface area contributed by atoms with Crippen LogP contribution < -0.4 is 10.1 Å². The van der Waals surface area contributed by atoms with Crippen LogP contribution in [-0.2, 0) is 19.1 Å². The molecule has 6 heteroatoms. The molecule has 0 unspecified atom stereocenters. The minimum atomic E-state index is -1.24. The van der Waals surface area contributed by atoms with Crippen molar-refractivity contribution in [1.29, 1.82) is 0 Å². The Kier molecular flexibility index (Phi) is 7.06. The van der Waals surface area contributed by atoms with Gasteiger partial charge < -0.3 is 19.5 Å². The molecule has 0 bridgehead atoms. The van der Waals surface area contributed by atoms with Crippen molar-refractivity contribution in [1.82, 2.24) is 0 Å². The number of nitrogens with one attached hydrogen (secondary N) is 1. The number of cyclic esters (lactones) is 2. The van der Waals surface area contributed by atoms with E-state index in [9.17, 15) is 9.59 Å². The van der Waals surface area contributed by atoms with Crippen molar-refractivity contribution in [2.45, 2.75) is 58.7 Å². The number of unbranched alkanes of at least 4 members (excludes halogenated alkanes) is 4. The molecule has 1 N–H and O–H groups in total. The fourth-order valence-electron chi connectivity index (χ4n) is 2.48. The van der Waals surface area contributed by atoms with Gasteiger partial charge in [0.2, 0.25) is 0 Å². The van der Waals surface area contributed by atoms with Crippen LogP contribution in [0.5, 0.6) is 5.75 Å². The Morgan fingerprint density at radius 2 is 1.62 bits per heavy atom. The van der Waals surface area contributed by atoms with Crippen LogP contribution >= 0.6 is 0 Å². The molecule has 142 valence electrons. The highest BCUT2D eigenvalue weighted by Gasteiger charge is 2.38. The summed E-state index contributed by atoms with van der Waals surface area (Å²) in [6.45, 7) is 5.92. The molecular weight excluding hydrogens is 334 g/mol. The third-order valence-corrected chi connectivity index (χ3v) is 3.87. The fraction of sp³-hybridized carbons (Fsp3) is 0.500. The summed E-state index contributed by atoms with van der Waals surface area (Å²) >= 11 is 0. The van der Waals surface area contributed by atoms with E-state index < -0.39 is 17.7 Å². The average molecular weight is 361 g/mol. The van der Waals surface area contributed by atoms with E-state index in [0.29, 0.717) is 6.61 Å². The molecule has 1 aliphatic heterocycles. The minimum Gasteiger partial charge on any atom is -0.494 e. The zero-order chi connectivity index (χ0) is 19.0. The lowest BCUT2D eigenvalue weighted by Gasteiger charge is -2.29. The molecule has 1 fully saturated rings. The quantitative estimate of drug-likeness (QED) is 0.308. The monoisotopic (exact) mass is 361 g/mol. The molecule has 26 heavy (non-hydrogen) atoms. The van der Waals surface area contributed by atoms with E-state index in [1.807, 2.05) is 24.3 Å². The van der Waals surface area contributed by atoms with E-state index in [0.717, 1.165) is 17.9 Å². The SMILES string of the molecule is CCCCCCCOc1ccc(NC=C2C(=O)OC(C)(C)OC2=O)cc1. The van der Waals surface area contributed by atoms with Crippen LogP contribution in [0.1, 0.15) is 52.9 Å². The number of carbonyl (C=O) groups is 2. The number of rotatable bonds is 9. The fourth-order valence-corrected chi connectivity index (χ4v) is 2.48. The van der Waals surface area contributed by atoms with E-state index in [1.54, 1.807) is 0 Å². The second-order valence-electron chi connectivity index (χ2n) is 6.67. The highest BCUT2D eigenvalue weighted by molar-refractivity contribution is 6.15. The van der Waals surface area contributed by atoms with Crippen molar-refractivity contribution in [3.63, 3.8) is 0 Å². The Labute approximate surface area is 154 Å². The smallest absolute Gasteiger partial charge is 0.350 e. The van der Waals surface area contributed by atoms with Gasteiger partial charge in [-0.05, 0) is 30.7 Å². The Hall–Kier alpha value is -2.50. The molecular formula is C20H27NO5. The minimum absolute atomic E-state index is 0.170. The van der Waals surface area contributed by atoms with E-state index in [1.165, 1.54) is 45.7 Å². The molecule has 0 aliphatic carbocycles. The van der Waals surface area contributed by atoms with Gasteiger partial charge in [0.25, 0.3) is 5.79 Å². The largest absolute Gasteiger partial charge is 0.494 e. The second-order valence-corrected chi connectivity index (χ2v) is 6.67. The summed E-state index contributed by atoms with van der Waals surface area (Å²) in [5.74, 6) is -1.86. The highest BCUT2D eigenvalue weighted by atomic mass is 16.7. The van der Waals surface area contributed by atoms with E-state index in [-0.39, 0.29) is 5.57 Å². The maximum Gasteiger partial charge on any atom is 0.350 e. The molecule has 0 spiro atoms. The second kappa shape index (κ2) is 9.27. The van der Waals surface area contributed by atoms with Crippen molar-refractivity contribution >= 4 is 17.6 Å². The van der Waals surface area contributed by atoms with Crippen LogP contribution in [0.15, 0.2) is 36.0 Å². The summed E-state index contributed by atoms with van der Waals surface area (Å²) in [6, 6.07) is 7.31. The van der Waals surface area contributed by atoms with Crippen molar-refractivity contribution < 1.29 is 23.8 Å². The predicted octanol–water partition coefficient (Wildman–Crippen LogP) is 4.17. The van der Waals surface area contributed by atoms with Gasteiger partial charge in [-0.3, -0.25) is 0 Å². The Morgan fingerprint density at radius 3 is 2.23 bits per heavy atom. The third kappa shape index (κ3) is 6.10. The van der Waals surface area contributed by atoms with Crippen LogP contribution in [0.25, 0.3) is 0 Å². The molecule has 1 aromatic rings. The predicted molar refractivity (Wildman–Crippen MR) is 98.7 cm³/mol. The standard InChI is InChI=1S/C20H27NO5/c1-4-5-6-7-8-13-24-16-11-9-15(10-12-16)21-14-17-18(22)25-20(2,3)26-19(17)23/h9-12,14,21H,4-8,13H2,1-3H3. The van der Waals surface area contributed by atoms with E-state index in [4.69, 9.17) is 14.2 Å². The number of esters is 2. The summed E-state index contributed by atoms with van der Waals surface area (Å²) in [6.07, 6.45) is 7.28. The van der Waals surface area contributed by atoms with Gasteiger partial charge in [0, 0.05) is 25.7 Å². The summed E-state index contributed by atoms with van der Waals surface area (Å²) in [7, 11) is 0. The zero-order valence-electron chi connectivity index (χ0n) is 15.7. The van der Waals surface area contributed by atoms with Crippen molar-refractivity contribution in [2.75, 3.05) is 11.9 Å². The van der Waals surface area contributed by atoms with Crippen molar-refractivity contribution in [2.24, 2.45) is 0 Å². The van der Waals surface area contributed by atoms with Gasteiger partial charge in [0.15, 0.2) is 5.57 Å². The normalized spacial score (nSPS) is 15.9. The molecule has 1 heterocycles. The first-order valence-electron chi connectivity index (χ1n) is 9.07. The molecule has 1 aromatic carbocycles. The number of benzene rings is 1. The van der Waals surface area contributed by atoms with Gasteiger partial charge in [-0.25, -0.2) is 9.59 Å². The maximum absolute atomic E-state index is 11.9. The number of hydrogen-bond donors (Lipinski definition) is 1. The number of anilines is 1. The molecule has 0 saturated carbocycles. The number of hydrogen-bond acceptors (Lipinski definition) is 6. The van der Waals surface area contributed by atoms with Gasteiger partial charge >= 0.3 is 11.9 Å². The summed E-state index contributed by atoms with van der Waals surface area (Å²) in [5, 5.41) is 2.90.